The normalized spacial score (nSPS) is 24.2. The van der Waals surface area contributed by atoms with E-state index in [2.05, 4.69) is 9.97 Å². The molecule has 1 atom stereocenters. The van der Waals surface area contributed by atoms with E-state index < -0.39 is 5.79 Å². The van der Waals surface area contributed by atoms with Crippen molar-refractivity contribution in [2.45, 2.75) is 51.2 Å². The van der Waals surface area contributed by atoms with Crippen molar-refractivity contribution in [2.24, 2.45) is 0 Å². The number of hydrogen-bond donors (Lipinski definition) is 0. The minimum Gasteiger partial charge on any atom is -0.381 e. The van der Waals surface area contributed by atoms with Gasteiger partial charge in [-0.1, -0.05) is 0 Å². The number of hydrogen-bond acceptors (Lipinski definition) is 6. The molecule has 2 fully saturated rings. The van der Waals surface area contributed by atoms with Gasteiger partial charge in [-0.05, 0) is 38.3 Å². The maximum atomic E-state index is 13.1. The van der Waals surface area contributed by atoms with E-state index in [1.165, 1.54) is 0 Å². The highest BCUT2D eigenvalue weighted by atomic mass is 35.5. The summed E-state index contributed by atoms with van der Waals surface area (Å²) < 4.78 is 20.3. The first-order chi connectivity index (χ1) is 11.9. The summed E-state index contributed by atoms with van der Waals surface area (Å²) in [7, 11) is 0. The average Bonchev–Trinajstić information content (AvgIpc) is 3.05. The van der Waals surface area contributed by atoms with Crippen LogP contribution in [0.5, 0.6) is 0 Å². The molecule has 0 aromatic carbocycles. The van der Waals surface area contributed by atoms with E-state index in [0.717, 1.165) is 12.8 Å². The highest BCUT2D eigenvalue weighted by molar-refractivity contribution is 6.28. The van der Waals surface area contributed by atoms with Gasteiger partial charge in [0.1, 0.15) is 11.6 Å². The molecular formula is C16H21ClN4O4. The molecular weight excluding hydrogens is 348 g/mol. The first-order valence-electron chi connectivity index (χ1n) is 8.47. The summed E-state index contributed by atoms with van der Waals surface area (Å²) in [6.45, 7) is 5.83. The molecule has 0 radical (unpaired) electrons. The highest BCUT2D eigenvalue weighted by Gasteiger charge is 2.34. The van der Waals surface area contributed by atoms with E-state index in [-0.39, 0.29) is 23.1 Å². The van der Waals surface area contributed by atoms with Crippen molar-refractivity contribution in [2.75, 3.05) is 19.8 Å². The van der Waals surface area contributed by atoms with Gasteiger partial charge in [-0.25, -0.2) is 9.78 Å². The number of aromatic nitrogens is 4. The maximum absolute atomic E-state index is 13.1. The Kier molecular flexibility index (Phi) is 4.31. The molecule has 2 aromatic heterocycles. The molecule has 25 heavy (non-hydrogen) atoms. The van der Waals surface area contributed by atoms with E-state index in [4.69, 9.17) is 25.8 Å². The predicted molar refractivity (Wildman–Crippen MR) is 90.8 cm³/mol. The first kappa shape index (κ1) is 17.0. The van der Waals surface area contributed by atoms with Gasteiger partial charge in [0.2, 0.25) is 5.28 Å². The Morgan fingerprint density at radius 3 is 2.80 bits per heavy atom. The quantitative estimate of drug-likeness (QED) is 0.768. The lowest BCUT2D eigenvalue weighted by atomic mass is 10.1. The van der Waals surface area contributed by atoms with E-state index in [1.54, 1.807) is 15.3 Å². The number of ether oxygens (including phenoxy) is 3. The monoisotopic (exact) mass is 368 g/mol. The van der Waals surface area contributed by atoms with Crippen molar-refractivity contribution < 1.29 is 14.2 Å². The molecule has 136 valence electrons. The second-order valence-corrected chi connectivity index (χ2v) is 7.24. The van der Waals surface area contributed by atoms with Crippen molar-refractivity contribution >= 4 is 22.8 Å². The molecule has 0 unspecified atom stereocenters. The smallest absolute Gasteiger partial charge is 0.330 e. The van der Waals surface area contributed by atoms with Crippen molar-refractivity contribution in [1.29, 1.82) is 0 Å². The minimum atomic E-state index is -0.632. The summed E-state index contributed by atoms with van der Waals surface area (Å²) in [5.74, 6) is -0.632. The Bertz CT molecular complexity index is 841. The van der Waals surface area contributed by atoms with E-state index in [1.807, 2.05) is 13.8 Å². The van der Waals surface area contributed by atoms with Crippen LogP contribution in [0.2, 0.25) is 5.28 Å². The fourth-order valence-electron chi connectivity index (χ4n) is 3.54. The third-order valence-corrected chi connectivity index (χ3v) is 4.87. The van der Waals surface area contributed by atoms with Crippen molar-refractivity contribution in [3.8, 4) is 0 Å². The third-order valence-electron chi connectivity index (χ3n) is 4.69. The van der Waals surface area contributed by atoms with Gasteiger partial charge in [-0.15, -0.1) is 0 Å². The van der Waals surface area contributed by atoms with Gasteiger partial charge in [0.05, 0.1) is 19.3 Å². The van der Waals surface area contributed by atoms with Gasteiger partial charge in [0.15, 0.2) is 11.4 Å². The molecule has 8 nitrogen and oxygen atoms in total. The van der Waals surface area contributed by atoms with E-state index in [0.29, 0.717) is 37.5 Å². The average molecular weight is 369 g/mol. The SMILES string of the molecule is CC1(C)OC[C@@H](Cn2c(=O)n(C3CCOCC3)c3nc(Cl)ncc32)O1. The number of halogens is 1. The molecule has 4 rings (SSSR count). The Morgan fingerprint density at radius 2 is 2.12 bits per heavy atom. The number of rotatable bonds is 3. The van der Waals surface area contributed by atoms with Crippen molar-refractivity contribution in [3.05, 3.63) is 22.0 Å². The van der Waals surface area contributed by atoms with Crippen LogP contribution < -0.4 is 5.69 Å². The maximum Gasteiger partial charge on any atom is 0.330 e. The van der Waals surface area contributed by atoms with Crippen LogP contribution in [0.3, 0.4) is 0 Å². The minimum absolute atomic E-state index is 0.0492. The molecule has 0 amide bonds. The standard InChI is InChI=1S/C16H21ClN4O4/c1-16(2)24-9-11(25-16)8-20-12-7-18-14(17)19-13(12)21(15(20)22)10-3-5-23-6-4-10/h7,10-11H,3-6,8-9H2,1-2H3/t11-/m1/s1. The van der Waals surface area contributed by atoms with Gasteiger partial charge in [0.25, 0.3) is 0 Å². The summed E-state index contributed by atoms with van der Waals surface area (Å²) in [5, 5.41) is 0.132. The summed E-state index contributed by atoms with van der Waals surface area (Å²) in [4.78, 5) is 21.5. The molecule has 4 heterocycles. The van der Waals surface area contributed by atoms with Gasteiger partial charge < -0.3 is 14.2 Å². The van der Waals surface area contributed by atoms with Gasteiger partial charge >= 0.3 is 5.69 Å². The Morgan fingerprint density at radius 1 is 1.36 bits per heavy atom. The lowest BCUT2D eigenvalue weighted by Crippen LogP contribution is -2.33. The summed E-state index contributed by atoms with van der Waals surface area (Å²) in [5.41, 5.74) is 1.11. The topological polar surface area (TPSA) is 80.4 Å². The van der Waals surface area contributed by atoms with Crippen molar-refractivity contribution in [3.63, 3.8) is 0 Å². The lowest BCUT2D eigenvalue weighted by Gasteiger charge is -2.22. The molecule has 0 N–H and O–H groups in total. The van der Waals surface area contributed by atoms with Crippen LogP contribution in [0.4, 0.5) is 0 Å². The van der Waals surface area contributed by atoms with E-state index >= 15 is 0 Å². The molecule has 0 saturated carbocycles. The zero-order chi connectivity index (χ0) is 17.6. The van der Waals surface area contributed by atoms with Crippen LogP contribution in [0, 0.1) is 0 Å². The Balaban J connectivity index is 1.76. The Labute approximate surface area is 149 Å². The molecule has 2 aliphatic heterocycles. The largest absolute Gasteiger partial charge is 0.381 e. The zero-order valence-electron chi connectivity index (χ0n) is 14.3. The van der Waals surface area contributed by atoms with Crippen LogP contribution in [0.25, 0.3) is 11.2 Å². The summed E-state index contributed by atoms with van der Waals surface area (Å²) in [6.07, 6.45) is 2.95. The fourth-order valence-corrected chi connectivity index (χ4v) is 3.67. The zero-order valence-corrected chi connectivity index (χ0v) is 15.0. The molecule has 2 aliphatic rings. The van der Waals surface area contributed by atoms with Crippen molar-refractivity contribution in [1.82, 2.24) is 19.1 Å². The molecule has 2 aromatic rings. The fraction of sp³-hybridized carbons (Fsp3) is 0.688. The number of fused-ring (bicyclic) bond motifs is 1. The molecule has 0 aliphatic carbocycles. The third kappa shape index (κ3) is 3.19. The summed E-state index contributed by atoms with van der Waals surface area (Å²) in [6, 6.07) is 0.0492. The van der Waals surface area contributed by atoms with Crippen LogP contribution in [0.15, 0.2) is 11.0 Å². The van der Waals surface area contributed by atoms with Crippen LogP contribution >= 0.6 is 11.6 Å². The van der Waals surface area contributed by atoms with Gasteiger partial charge in [-0.2, -0.15) is 4.98 Å². The molecule has 2 saturated heterocycles. The molecule has 0 spiro atoms. The second kappa shape index (κ2) is 6.35. The number of imidazole rings is 1. The second-order valence-electron chi connectivity index (χ2n) is 6.91. The highest BCUT2D eigenvalue weighted by Crippen LogP contribution is 2.26. The van der Waals surface area contributed by atoms with Crippen LogP contribution in [-0.4, -0.2) is 50.8 Å². The first-order valence-corrected chi connectivity index (χ1v) is 8.85. The Hall–Kier alpha value is -1.48. The predicted octanol–water partition coefficient (Wildman–Crippen LogP) is 1.75. The summed E-state index contributed by atoms with van der Waals surface area (Å²) >= 11 is 5.98. The van der Waals surface area contributed by atoms with E-state index in [9.17, 15) is 4.79 Å². The molecule has 0 bridgehead atoms. The number of nitrogens with zero attached hydrogens (tertiary/aromatic N) is 4. The lowest BCUT2D eigenvalue weighted by molar-refractivity contribution is -0.139. The van der Waals surface area contributed by atoms with Gasteiger partial charge in [-0.3, -0.25) is 9.13 Å². The molecule has 9 heteroatoms. The van der Waals surface area contributed by atoms with Crippen LogP contribution in [-0.2, 0) is 20.8 Å². The van der Waals surface area contributed by atoms with Gasteiger partial charge in [0, 0.05) is 19.3 Å². The van der Waals surface area contributed by atoms with Crippen LogP contribution in [0.1, 0.15) is 32.7 Å².